The fourth-order valence-electron chi connectivity index (χ4n) is 1.38. The fraction of sp³-hybridized carbons (Fsp3) is 0.154. The third-order valence-corrected chi connectivity index (χ3v) is 4.39. The average molecular weight is 264 g/mol. The molecule has 0 amide bonds. The normalized spacial score (nSPS) is 10.2. The fourth-order valence-corrected chi connectivity index (χ4v) is 3.34. The van der Waals surface area contributed by atoms with Gasteiger partial charge in [-0.2, -0.15) is 11.3 Å². The van der Waals surface area contributed by atoms with Crippen LogP contribution in [0.2, 0.25) is 0 Å². The molecule has 1 heterocycles. The second-order valence-electron chi connectivity index (χ2n) is 3.45. The molecule has 88 valence electrons. The van der Waals surface area contributed by atoms with Gasteiger partial charge in [-0.15, -0.1) is 11.8 Å². The van der Waals surface area contributed by atoms with Crippen LogP contribution in [0.15, 0.2) is 39.9 Å². The number of hydrogen-bond acceptors (Lipinski definition) is 4. The third kappa shape index (κ3) is 3.11. The lowest BCUT2D eigenvalue weighted by Gasteiger charge is -2.03. The highest BCUT2D eigenvalue weighted by atomic mass is 32.2. The van der Waals surface area contributed by atoms with Crippen molar-refractivity contribution in [2.75, 3.05) is 7.11 Å². The summed E-state index contributed by atoms with van der Waals surface area (Å²) in [6.07, 6.45) is 0.910. The summed E-state index contributed by atoms with van der Waals surface area (Å²) in [7, 11) is 1.66. The maximum atomic E-state index is 10.8. The number of thiophene rings is 1. The first-order valence-corrected chi connectivity index (χ1v) is 7.03. The van der Waals surface area contributed by atoms with E-state index in [2.05, 4.69) is 0 Å². The molecule has 0 atom stereocenters. The lowest BCUT2D eigenvalue weighted by atomic mass is 10.2. The van der Waals surface area contributed by atoms with Crippen molar-refractivity contribution in [2.24, 2.45) is 0 Å². The van der Waals surface area contributed by atoms with Gasteiger partial charge in [0.15, 0.2) is 6.29 Å². The van der Waals surface area contributed by atoms with E-state index in [1.807, 2.05) is 35.0 Å². The highest BCUT2D eigenvalue weighted by molar-refractivity contribution is 7.98. The number of benzene rings is 1. The Morgan fingerprint density at radius 1 is 1.29 bits per heavy atom. The minimum atomic E-state index is 0.786. The molecule has 0 saturated heterocycles. The number of thioether (sulfide) groups is 1. The topological polar surface area (TPSA) is 26.3 Å². The van der Waals surface area contributed by atoms with E-state index in [-0.39, 0.29) is 0 Å². The molecule has 2 aromatic rings. The first-order chi connectivity index (χ1) is 8.33. The lowest BCUT2D eigenvalue weighted by Crippen LogP contribution is -1.85. The molecule has 1 aromatic carbocycles. The summed E-state index contributed by atoms with van der Waals surface area (Å²) in [5.74, 6) is 1.73. The van der Waals surface area contributed by atoms with E-state index in [0.29, 0.717) is 0 Å². The molecule has 0 spiro atoms. The molecule has 17 heavy (non-hydrogen) atoms. The molecule has 2 nitrogen and oxygen atoms in total. The van der Waals surface area contributed by atoms with Crippen LogP contribution >= 0.6 is 23.1 Å². The van der Waals surface area contributed by atoms with Crippen LogP contribution in [0.4, 0.5) is 0 Å². The number of hydrogen-bond donors (Lipinski definition) is 0. The number of methoxy groups -OCH3 is 1. The summed E-state index contributed by atoms with van der Waals surface area (Å²) >= 11 is 3.24. The summed E-state index contributed by atoms with van der Waals surface area (Å²) in [5.41, 5.74) is 2.01. The molecule has 4 heteroatoms. The highest BCUT2D eigenvalue weighted by Gasteiger charge is 2.03. The van der Waals surface area contributed by atoms with Gasteiger partial charge in [-0.3, -0.25) is 4.79 Å². The molecule has 0 aliphatic carbocycles. The van der Waals surface area contributed by atoms with Crippen molar-refractivity contribution in [3.8, 4) is 5.75 Å². The van der Waals surface area contributed by atoms with Crippen LogP contribution in [0.1, 0.15) is 15.9 Å². The van der Waals surface area contributed by atoms with Gasteiger partial charge in [0.2, 0.25) is 0 Å². The van der Waals surface area contributed by atoms with Crippen LogP contribution in [-0.2, 0) is 5.75 Å². The molecule has 0 aliphatic rings. The Morgan fingerprint density at radius 2 is 2.06 bits per heavy atom. The van der Waals surface area contributed by atoms with E-state index in [9.17, 15) is 4.79 Å². The number of aldehydes is 1. The van der Waals surface area contributed by atoms with Gasteiger partial charge in [0, 0.05) is 27.0 Å². The first-order valence-electron chi connectivity index (χ1n) is 5.10. The summed E-state index contributed by atoms with van der Waals surface area (Å²) in [6.45, 7) is 0. The molecular formula is C13H12O2S2. The largest absolute Gasteiger partial charge is 0.497 e. The molecule has 2 rings (SSSR count). The minimum Gasteiger partial charge on any atom is -0.497 e. The van der Waals surface area contributed by atoms with Crippen molar-refractivity contribution in [3.05, 3.63) is 46.2 Å². The van der Waals surface area contributed by atoms with Crippen molar-refractivity contribution in [1.82, 2.24) is 0 Å². The zero-order chi connectivity index (χ0) is 12.1. The zero-order valence-electron chi connectivity index (χ0n) is 9.38. The van der Waals surface area contributed by atoms with Crippen LogP contribution in [0.3, 0.4) is 0 Å². The smallest absolute Gasteiger partial charge is 0.152 e. The van der Waals surface area contributed by atoms with Crippen LogP contribution < -0.4 is 4.74 Å². The highest BCUT2D eigenvalue weighted by Crippen LogP contribution is 2.28. The second kappa shape index (κ2) is 5.89. The number of ether oxygens (including phenoxy) is 1. The van der Waals surface area contributed by atoms with E-state index in [0.717, 1.165) is 28.2 Å². The number of carbonyl (C=O) groups excluding carboxylic acids is 1. The third-order valence-electron chi connectivity index (χ3n) is 2.33. The van der Waals surface area contributed by atoms with Crippen molar-refractivity contribution in [2.45, 2.75) is 10.6 Å². The van der Waals surface area contributed by atoms with Gasteiger partial charge in [-0.1, -0.05) is 12.1 Å². The maximum Gasteiger partial charge on any atom is 0.152 e. The standard InChI is InChI=1S/C13H12O2S2/c1-15-12-4-2-10(3-5-12)7-17-13-9-16-8-11(13)6-14/h2-6,8-9H,7H2,1H3. The lowest BCUT2D eigenvalue weighted by molar-refractivity contribution is 0.112. The molecule has 0 radical (unpaired) electrons. The number of carbonyl (C=O) groups is 1. The van der Waals surface area contributed by atoms with Gasteiger partial charge in [-0.05, 0) is 17.7 Å². The Labute approximate surface area is 109 Å². The van der Waals surface area contributed by atoms with Crippen molar-refractivity contribution >= 4 is 29.4 Å². The molecule has 0 fully saturated rings. The SMILES string of the molecule is COc1ccc(CSc2cscc2C=O)cc1. The minimum absolute atomic E-state index is 0.786. The second-order valence-corrected chi connectivity index (χ2v) is 5.21. The van der Waals surface area contributed by atoms with Crippen molar-refractivity contribution < 1.29 is 9.53 Å². The van der Waals surface area contributed by atoms with Gasteiger partial charge in [-0.25, -0.2) is 0 Å². The van der Waals surface area contributed by atoms with Gasteiger partial charge in [0.25, 0.3) is 0 Å². The van der Waals surface area contributed by atoms with Gasteiger partial charge in [0.05, 0.1) is 7.11 Å². The average Bonchev–Trinajstić information content (AvgIpc) is 2.84. The predicted molar refractivity (Wildman–Crippen MR) is 72.3 cm³/mol. The Balaban J connectivity index is 1.99. The van der Waals surface area contributed by atoms with E-state index in [1.54, 1.807) is 30.2 Å². The molecule has 0 saturated carbocycles. The zero-order valence-corrected chi connectivity index (χ0v) is 11.0. The Bertz CT molecular complexity index is 488. The molecular weight excluding hydrogens is 252 g/mol. The summed E-state index contributed by atoms with van der Waals surface area (Å²) in [4.78, 5) is 11.8. The number of rotatable bonds is 5. The maximum absolute atomic E-state index is 10.8. The molecule has 0 aliphatic heterocycles. The van der Waals surface area contributed by atoms with Crippen molar-refractivity contribution in [1.29, 1.82) is 0 Å². The Hall–Kier alpha value is -1.26. The molecule has 0 unspecified atom stereocenters. The van der Waals surface area contributed by atoms with E-state index in [4.69, 9.17) is 4.74 Å². The predicted octanol–water partition coefficient (Wildman–Crippen LogP) is 3.86. The van der Waals surface area contributed by atoms with Crippen LogP contribution in [0, 0.1) is 0 Å². The van der Waals surface area contributed by atoms with Crippen LogP contribution in [0.5, 0.6) is 5.75 Å². The van der Waals surface area contributed by atoms with Gasteiger partial charge < -0.3 is 4.74 Å². The summed E-state index contributed by atoms with van der Waals surface area (Å²) < 4.78 is 5.10. The molecule has 1 aromatic heterocycles. The monoisotopic (exact) mass is 264 g/mol. The van der Waals surface area contributed by atoms with E-state index >= 15 is 0 Å². The summed E-state index contributed by atoms with van der Waals surface area (Å²) in [6, 6.07) is 7.98. The molecule has 0 N–H and O–H groups in total. The van der Waals surface area contributed by atoms with Crippen LogP contribution in [-0.4, -0.2) is 13.4 Å². The van der Waals surface area contributed by atoms with Gasteiger partial charge >= 0.3 is 0 Å². The molecule has 0 bridgehead atoms. The van der Waals surface area contributed by atoms with Crippen LogP contribution in [0.25, 0.3) is 0 Å². The quantitative estimate of drug-likeness (QED) is 0.606. The van der Waals surface area contributed by atoms with Crippen molar-refractivity contribution in [3.63, 3.8) is 0 Å². The van der Waals surface area contributed by atoms with E-state index in [1.165, 1.54) is 5.56 Å². The first kappa shape index (κ1) is 12.2. The Kier molecular flexibility index (Phi) is 4.23. The summed E-state index contributed by atoms with van der Waals surface area (Å²) in [5, 5.41) is 3.89. The Morgan fingerprint density at radius 3 is 2.71 bits per heavy atom. The van der Waals surface area contributed by atoms with E-state index < -0.39 is 0 Å². The van der Waals surface area contributed by atoms with Gasteiger partial charge in [0.1, 0.15) is 5.75 Å².